The molecule has 1 amide bonds. The second kappa shape index (κ2) is 23.9. The van der Waals surface area contributed by atoms with Crippen molar-refractivity contribution < 1.29 is 55.9 Å². The number of anilines is 1. The van der Waals surface area contributed by atoms with Crippen LogP contribution in [0.4, 0.5) is 14.6 Å². The van der Waals surface area contributed by atoms with Gasteiger partial charge in [-0.1, -0.05) is 47.5 Å². The zero-order valence-electron chi connectivity index (χ0n) is 48.4. The Balaban J connectivity index is 0.728. The van der Waals surface area contributed by atoms with Crippen LogP contribution in [0.2, 0.25) is 0 Å². The van der Waals surface area contributed by atoms with E-state index in [9.17, 15) is 28.2 Å². The SMILES string of the molecule is C#Cc1c(F)ccc2cc(O)cc(-c3ncc4c(N5C[C@H]6CC[C@@H](C5)N6)nc(OC[C@@]5(C(=O)NCCOCCOc6cc(C(CC(=O)O)c7ccc(C)c(CN8C[C@@H](C)Oc9ccccc9S8(=O)=O)c7)cc7nnn(C)c67)CCCN5C)nc4c3F)c12. The number of nitrogens with one attached hydrogen (secondary N) is 2. The lowest BCUT2D eigenvalue weighted by atomic mass is 9.86. The van der Waals surface area contributed by atoms with Crippen molar-refractivity contribution in [2.75, 3.05) is 71.1 Å². The monoisotopic (exact) mass is 1210 g/mol. The van der Waals surface area contributed by atoms with E-state index in [0.717, 1.165) is 18.4 Å². The molecule has 5 atom stereocenters. The van der Waals surface area contributed by atoms with Gasteiger partial charge < -0.3 is 44.7 Å². The van der Waals surface area contributed by atoms with Crippen LogP contribution in [-0.2, 0) is 37.9 Å². The van der Waals surface area contributed by atoms with E-state index >= 15 is 8.78 Å². The molecule has 1 unspecified atom stereocenters. The van der Waals surface area contributed by atoms with E-state index in [0.29, 0.717) is 88.3 Å². The number of rotatable bonds is 19. The number of phenolic OH excluding ortho intramolecular Hbond substituents is 1. The number of aromatic hydroxyl groups is 1. The zero-order chi connectivity index (χ0) is 60.9. The number of fused-ring (bicyclic) bond motifs is 6. The predicted octanol–water partition coefficient (Wildman–Crippen LogP) is 6.97. The summed E-state index contributed by atoms with van der Waals surface area (Å²) in [6, 6.07) is 21.3. The number of phenols is 1. The number of ether oxygens (including phenoxy) is 4. The van der Waals surface area contributed by atoms with Crippen molar-refractivity contribution in [2.24, 2.45) is 7.05 Å². The molecular weight excluding hydrogens is 1140 g/mol. The highest BCUT2D eigenvalue weighted by Crippen LogP contribution is 2.41. The van der Waals surface area contributed by atoms with E-state index in [1.54, 1.807) is 42.1 Å². The first-order valence-electron chi connectivity index (χ1n) is 28.9. The molecule has 7 heterocycles. The second-order valence-corrected chi connectivity index (χ2v) is 24.8. The van der Waals surface area contributed by atoms with Crippen molar-refractivity contribution in [2.45, 2.75) is 87.0 Å². The van der Waals surface area contributed by atoms with Crippen molar-refractivity contribution in [1.82, 2.24) is 49.8 Å². The number of carbonyl (C=O) groups is 2. The first-order chi connectivity index (χ1) is 41.9. The highest BCUT2D eigenvalue weighted by atomic mass is 32.2. The van der Waals surface area contributed by atoms with Crippen molar-refractivity contribution in [3.63, 3.8) is 0 Å². The van der Waals surface area contributed by atoms with Gasteiger partial charge in [0, 0.05) is 68.4 Å². The predicted molar refractivity (Wildman–Crippen MR) is 319 cm³/mol. The Bertz CT molecular complexity index is 4170. The first-order valence-corrected chi connectivity index (χ1v) is 30.4. The Morgan fingerprint density at radius 3 is 2.55 bits per heavy atom. The molecule has 4 N–H and O–H groups in total. The molecule has 12 rings (SSSR count). The van der Waals surface area contributed by atoms with Crippen molar-refractivity contribution >= 4 is 60.4 Å². The van der Waals surface area contributed by atoms with Gasteiger partial charge in [0.2, 0.25) is 15.9 Å². The number of likely N-dealkylation sites (tertiary alicyclic amines) is 1. The molecule has 3 saturated heterocycles. The molecule has 3 aromatic heterocycles. The van der Waals surface area contributed by atoms with E-state index < -0.39 is 45.2 Å². The largest absolute Gasteiger partial charge is 0.508 e. The molecular formula is C63H65F2N11O10S. The van der Waals surface area contributed by atoms with E-state index in [2.05, 4.69) is 41.7 Å². The van der Waals surface area contributed by atoms with Crippen molar-refractivity contribution in [3.05, 3.63) is 125 Å². The number of sulfonamides is 1. The number of aryl methyl sites for hydroxylation is 2. The van der Waals surface area contributed by atoms with Gasteiger partial charge in [0.1, 0.15) is 80.9 Å². The van der Waals surface area contributed by atoms with Gasteiger partial charge in [-0.3, -0.25) is 19.5 Å². The maximum Gasteiger partial charge on any atom is 0.319 e. The van der Waals surface area contributed by atoms with Crippen LogP contribution >= 0.6 is 0 Å². The van der Waals surface area contributed by atoms with Crippen molar-refractivity contribution in [1.29, 1.82) is 0 Å². The Kier molecular flexibility index (Phi) is 16.2. The highest BCUT2D eigenvalue weighted by molar-refractivity contribution is 7.89. The van der Waals surface area contributed by atoms with Gasteiger partial charge in [0.15, 0.2) is 5.82 Å². The number of carboxylic acid groups (broad SMARTS) is 1. The van der Waals surface area contributed by atoms with Gasteiger partial charge in [0.05, 0.1) is 37.1 Å². The fraction of sp³-hybridized carbons (Fsp3) is 0.381. The fourth-order valence-electron chi connectivity index (χ4n) is 12.7. The third kappa shape index (κ3) is 11.4. The molecule has 452 valence electrons. The number of hydrogen-bond donors (Lipinski definition) is 4. The number of terminal acetylenes is 1. The molecule has 2 bridgehead atoms. The molecule has 87 heavy (non-hydrogen) atoms. The van der Waals surface area contributed by atoms with Crippen molar-refractivity contribution in [3.8, 4) is 46.9 Å². The maximum absolute atomic E-state index is 17.3. The van der Waals surface area contributed by atoms with Gasteiger partial charge >= 0.3 is 12.0 Å². The minimum absolute atomic E-state index is 0.0337. The smallest absolute Gasteiger partial charge is 0.319 e. The normalized spacial score (nSPS) is 20.5. The van der Waals surface area contributed by atoms with E-state index in [4.69, 9.17) is 30.4 Å². The molecule has 5 aromatic carbocycles. The summed E-state index contributed by atoms with van der Waals surface area (Å²) in [5, 5.41) is 37.2. The minimum atomic E-state index is -3.95. The van der Waals surface area contributed by atoms with Gasteiger partial charge in [-0.15, -0.1) is 11.5 Å². The zero-order valence-corrected chi connectivity index (χ0v) is 49.2. The van der Waals surface area contributed by atoms with Crippen LogP contribution in [0.1, 0.15) is 72.8 Å². The number of aromatic nitrogens is 6. The Labute approximate surface area is 500 Å². The lowest BCUT2D eigenvalue weighted by Gasteiger charge is -2.35. The lowest BCUT2D eigenvalue weighted by Crippen LogP contribution is -2.58. The van der Waals surface area contributed by atoms with E-state index in [-0.39, 0.29) is 115 Å². The van der Waals surface area contributed by atoms with Crippen LogP contribution in [0.3, 0.4) is 0 Å². The Hall–Kier alpha value is -8.60. The molecule has 0 radical (unpaired) electrons. The molecule has 24 heteroatoms. The summed E-state index contributed by atoms with van der Waals surface area (Å²) in [6.45, 7) is 5.89. The molecule has 8 aromatic rings. The summed E-state index contributed by atoms with van der Waals surface area (Å²) >= 11 is 0. The second-order valence-electron chi connectivity index (χ2n) is 22.9. The number of nitrogens with zero attached hydrogens (tertiary/aromatic N) is 9. The summed E-state index contributed by atoms with van der Waals surface area (Å²) in [5.74, 6) is -0.317. The number of halogens is 2. The van der Waals surface area contributed by atoms with E-state index in [1.807, 2.05) is 44.0 Å². The number of carbonyl (C=O) groups excluding carboxylic acids is 1. The molecule has 0 spiro atoms. The number of benzene rings is 5. The lowest BCUT2D eigenvalue weighted by molar-refractivity contribution is -0.137. The average Bonchev–Trinajstić information content (AvgIpc) is 2.14. The fourth-order valence-corrected chi connectivity index (χ4v) is 14.3. The first kappa shape index (κ1) is 58.8. The van der Waals surface area contributed by atoms with Gasteiger partial charge in [-0.05, 0) is 123 Å². The summed E-state index contributed by atoms with van der Waals surface area (Å²) in [7, 11) is -0.388. The molecule has 0 saturated carbocycles. The summed E-state index contributed by atoms with van der Waals surface area (Å²) in [5.41, 5.74) is 2.33. The minimum Gasteiger partial charge on any atom is -0.508 e. The third-order valence-electron chi connectivity index (χ3n) is 17.2. The summed E-state index contributed by atoms with van der Waals surface area (Å²) in [4.78, 5) is 45.1. The standard InChI is InChI=1S/C63H65F2N11O10S/c1-6-45-49(64)17-14-39-25-44(77)28-47(55(39)45)57-56(65)58-48(30-67-57)60(75-33-42-15-16-43(34-75)68-42)70-62(69-58)85-35-63(18-9-20-73(63)4)61(80)66-19-21-83-22-23-84-52-27-40(26-50-59(52)74(5)72-71-50)46(29-54(78)79)38-13-12-36(2)41(24-38)32-76-31-37(3)86-51-10-7-8-11-53(51)87(76,81)82/h1,7-8,10-14,17,24-28,30,37,42-43,46,68,77H,9,15-16,18-23,29,31-35H2,2-5H3,(H,66,80)(H,78,79)/t37-,42-,43+,46?,63-/m1/s1. The molecule has 3 fully saturated rings. The van der Waals surface area contributed by atoms with Gasteiger partial charge in [0.25, 0.3) is 0 Å². The topological polar surface area (TPSA) is 249 Å². The Morgan fingerprint density at radius 1 is 0.977 bits per heavy atom. The number of piperazine rings is 1. The molecule has 0 aliphatic carbocycles. The number of likely N-dealkylation sites (N-methyl/N-ethyl adjacent to an activating group) is 1. The number of pyridine rings is 1. The average molecular weight is 1210 g/mol. The Morgan fingerprint density at radius 2 is 1.78 bits per heavy atom. The number of hydrogen-bond acceptors (Lipinski definition) is 17. The van der Waals surface area contributed by atoms with Gasteiger partial charge in [-0.2, -0.15) is 14.3 Å². The summed E-state index contributed by atoms with van der Waals surface area (Å²) in [6.07, 6.45) is 9.60. The number of amides is 1. The van der Waals surface area contributed by atoms with Crippen LogP contribution in [0.15, 0.2) is 90.0 Å². The van der Waals surface area contributed by atoms with Crippen LogP contribution in [0.25, 0.3) is 44.0 Å². The molecule has 4 aliphatic heterocycles. The quantitative estimate of drug-likeness (QED) is 0.0471. The van der Waals surface area contributed by atoms with Crippen LogP contribution in [0, 0.1) is 30.9 Å². The maximum atomic E-state index is 17.3. The molecule has 21 nitrogen and oxygen atoms in total. The number of carboxylic acids is 1. The third-order valence-corrected chi connectivity index (χ3v) is 19.0. The number of aliphatic carboxylic acids is 1. The summed E-state index contributed by atoms with van der Waals surface area (Å²) < 4.78 is 88.2. The highest BCUT2D eigenvalue weighted by Gasteiger charge is 2.47. The van der Waals surface area contributed by atoms with Crippen LogP contribution in [-0.4, -0.2) is 160 Å². The van der Waals surface area contributed by atoms with Crippen LogP contribution < -0.4 is 29.7 Å². The van der Waals surface area contributed by atoms with Gasteiger partial charge in [-0.25, -0.2) is 21.9 Å². The van der Waals surface area contributed by atoms with Crippen LogP contribution in [0.5, 0.6) is 23.3 Å². The number of para-hydroxylation sites is 1. The van der Waals surface area contributed by atoms with E-state index in [1.165, 1.54) is 40.8 Å². The molecule has 4 aliphatic rings.